The quantitative estimate of drug-likeness (QED) is 0.718. The second kappa shape index (κ2) is 6.65. The second-order valence-corrected chi connectivity index (χ2v) is 7.12. The second-order valence-electron chi connectivity index (χ2n) is 5.83. The van der Waals surface area contributed by atoms with Crippen LogP contribution in [-0.4, -0.2) is 21.1 Å². The molecule has 124 valence electrons. The van der Waals surface area contributed by atoms with Crippen molar-refractivity contribution in [1.82, 2.24) is 9.97 Å². The summed E-state index contributed by atoms with van der Waals surface area (Å²) in [5, 5.41) is 3.13. The standard InChI is InChI=1S/C18H19N3O2S/c1-10-8-11(2)15(12(3)9-10)20-17(22)13(4)24-18-21-16-14(23-18)6-5-7-19-16/h5-9,13H,1-4H3,(H,20,22). The molecule has 0 saturated carbocycles. The largest absolute Gasteiger partial charge is 0.430 e. The highest BCUT2D eigenvalue weighted by atomic mass is 32.2. The summed E-state index contributed by atoms with van der Waals surface area (Å²) in [6.07, 6.45) is 1.67. The zero-order valence-electron chi connectivity index (χ0n) is 14.1. The van der Waals surface area contributed by atoms with Crippen molar-refractivity contribution in [3.8, 4) is 0 Å². The summed E-state index contributed by atoms with van der Waals surface area (Å²) >= 11 is 1.28. The van der Waals surface area contributed by atoms with E-state index in [1.807, 2.05) is 33.8 Å². The number of fused-ring (bicyclic) bond motifs is 1. The third kappa shape index (κ3) is 3.43. The number of rotatable bonds is 4. The van der Waals surface area contributed by atoms with Gasteiger partial charge in [0.05, 0.1) is 5.25 Å². The van der Waals surface area contributed by atoms with Gasteiger partial charge in [0.1, 0.15) is 0 Å². The molecule has 24 heavy (non-hydrogen) atoms. The first-order chi connectivity index (χ1) is 11.4. The lowest BCUT2D eigenvalue weighted by atomic mass is 10.1. The predicted molar refractivity (Wildman–Crippen MR) is 96.4 cm³/mol. The number of pyridine rings is 1. The van der Waals surface area contributed by atoms with Gasteiger partial charge in [0.2, 0.25) is 5.91 Å². The van der Waals surface area contributed by atoms with Gasteiger partial charge in [0.25, 0.3) is 5.22 Å². The lowest BCUT2D eigenvalue weighted by Crippen LogP contribution is -2.23. The maximum absolute atomic E-state index is 12.5. The zero-order chi connectivity index (χ0) is 17.3. The number of anilines is 1. The minimum Gasteiger partial charge on any atom is -0.430 e. The van der Waals surface area contributed by atoms with Crippen molar-refractivity contribution in [2.75, 3.05) is 5.32 Å². The van der Waals surface area contributed by atoms with Crippen molar-refractivity contribution in [2.24, 2.45) is 0 Å². The molecule has 1 N–H and O–H groups in total. The number of hydrogen-bond donors (Lipinski definition) is 1. The number of carbonyl (C=O) groups is 1. The van der Waals surface area contributed by atoms with E-state index < -0.39 is 0 Å². The van der Waals surface area contributed by atoms with Crippen LogP contribution >= 0.6 is 11.8 Å². The van der Waals surface area contributed by atoms with Gasteiger partial charge in [-0.05, 0) is 51.0 Å². The van der Waals surface area contributed by atoms with Crippen LogP contribution < -0.4 is 5.32 Å². The van der Waals surface area contributed by atoms with Crippen LogP contribution in [0.4, 0.5) is 5.69 Å². The summed E-state index contributed by atoms with van der Waals surface area (Å²) in [6, 6.07) is 7.73. The fourth-order valence-electron chi connectivity index (χ4n) is 2.61. The van der Waals surface area contributed by atoms with E-state index in [1.165, 1.54) is 17.3 Å². The van der Waals surface area contributed by atoms with Crippen molar-refractivity contribution in [1.29, 1.82) is 0 Å². The highest BCUT2D eigenvalue weighted by molar-refractivity contribution is 8.00. The molecule has 0 bridgehead atoms. The molecule has 0 fully saturated rings. The Morgan fingerprint density at radius 3 is 2.62 bits per heavy atom. The summed E-state index contributed by atoms with van der Waals surface area (Å²) in [5.74, 6) is -0.0785. The van der Waals surface area contributed by atoms with E-state index in [4.69, 9.17) is 4.42 Å². The van der Waals surface area contributed by atoms with Gasteiger partial charge in [0, 0.05) is 11.9 Å². The van der Waals surface area contributed by atoms with Crippen LogP contribution in [0.2, 0.25) is 0 Å². The Labute approximate surface area is 144 Å². The first-order valence-electron chi connectivity index (χ1n) is 7.71. The van der Waals surface area contributed by atoms with Gasteiger partial charge in [0.15, 0.2) is 11.2 Å². The molecule has 0 saturated heterocycles. The van der Waals surface area contributed by atoms with Crippen LogP contribution in [-0.2, 0) is 4.79 Å². The summed E-state index contributed by atoms with van der Waals surface area (Å²) < 4.78 is 5.61. The van der Waals surface area contributed by atoms with Gasteiger partial charge in [-0.15, -0.1) is 0 Å². The molecule has 0 aliphatic rings. The van der Waals surface area contributed by atoms with Gasteiger partial charge in [-0.1, -0.05) is 29.5 Å². The van der Waals surface area contributed by atoms with Crippen LogP contribution in [0.15, 0.2) is 40.1 Å². The molecule has 3 aromatic rings. The van der Waals surface area contributed by atoms with Crippen LogP contribution in [0.3, 0.4) is 0 Å². The Balaban J connectivity index is 1.73. The van der Waals surface area contributed by atoms with Gasteiger partial charge >= 0.3 is 0 Å². The van der Waals surface area contributed by atoms with E-state index in [0.717, 1.165) is 16.8 Å². The topological polar surface area (TPSA) is 68.0 Å². The first-order valence-corrected chi connectivity index (χ1v) is 8.59. The molecule has 1 atom stereocenters. The SMILES string of the molecule is Cc1cc(C)c(NC(=O)C(C)Sc2nc3ncccc3o2)c(C)c1. The summed E-state index contributed by atoms with van der Waals surface area (Å²) in [7, 11) is 0. The molecule has 0 spiro atoms. The number of benzene rings is 1. The van der Waals surface area contributed by atoms with Crippen LogP contribution in [0.1, 0.15) is 23.6 Å². The minimum absolute atomic E-state index is 0.0785. The fourth-order valence-corrected chi connectivity index (χ4v) is 3.35. The maximum atomic E-state index is 12.5. The van der Waals surface area contributed by atoms with E-state index in [-0.39, 0.29) is 11.2 Å². The van der Waals surface area contributed by atoms with E-state index in [1.54, 1.807) is 12.3 Å². The number of thioether (sulfide) groups is 1. The lowest BCUT2D eigenvalue weighted by molar-refractivity contribution is -0.115. The van der Waals surface area contributed by atoms with Crippen molar-refractivity contribution < 1.29 is 9.21 Å². The predicted octanol–water partition coefficient (Wildman–Crippen LogP) is 4.27. The summed E-state index contributed by atoms with van der Waals surface area (Å²) in [4.78, 5) is 20.9. The van der Waals surface area contributed by atoms with Crippen LogP contribution in [0.5, 0.6) is 0 Å². The Kier molecular flexibility index (Phi) is 4.57. The Morgan fingerprint density at radius 2 is 1.96 bits per heavy atom. The number of amides is 1. The highest BCUT2D eigenvalue weighted by Crippen LogP contribution is 2.28. The Hall–Kier alpha value is -2.34. The van der Waals surface area contributed by atoms with Crippen molar-refractivity contribution in [3.63, 3.8) is 0 Å². The Bertz CT molecular complexity index is 848. The molecule has 3 rings (SSSR count). The van der Waals surface area contributed by atoms with Crippen molar-refractivity contribution in [3.05, 3.63) is 47.2 Å². The molecule has 6 heteroatoms. The molecule has 1 unspecified atom stereocenters. The number of nitrogens with zero attached hydrogens (tertiary/aromatic N) is 2. The minimum atomic E-state index is -0.335. The molecule has 5 nitrogen and oxygen atoms in total. The number of aryl methyl sites for hydroxylation is 3. The van der Waals surface area contributed by atoms with E-state index >= 15 is 0 Å². The van der Waals surface area contributed by atoms with Crippen LogP contribution in [0, 0.1) is 20.8 Å². The first kappa shape index (κ1) is 16.5. The fraction of sp³-hybridized carbons (Fsp3) is 0.278. The van der Waals surface area contributed by atoms with Crippen LogP contribution in [0.25, 0.3) is 11.2 Å². The number of aromatic nitrogens is 2. The van der Waals surface area contributed by atoms with Crippen molar-refractivity contribution >= 4 is 34.6 Å². The molecule has 1 aromatic carbocycles. The summed E-state index contributed by atoms with van der Waals surface area (Å²) in [6.45, 7) is 7.88. The lowest BCUT2D eigenvalue weighted by Gasteiger charge is -2.15. The molecule has 0 aliphatic carbocycles. The molecule has 2 aromatic heterocycles. The number of carbonyl (C=O) groups excluding carboxylic acids is 1. The molecule has 1 amide bonds. The number of nitrogens with one attached hydrogen (secondary N) is 1. The highest BCUT2D eigenvalue weighted by Gasteiger charge is 2.19. The van der Waals surface area contributed by atoms with E-state index in [9.17, 15) is 4.79 Å². The monoisotopic (exact) mass is 341 g/mol. The molecule has 0 aliphatic heterocycles. The van der Waals surface area contributed by atoms with E-state index in [2.05, 4.69) is 27.4 Å². The third-order valence-electron chi connectivity index (χ3n) is 3.72. The number of oxazole rings is 1. The average molecular weight is 341 g/mol. The van der Waals surface area contributed by atoms with Crippen molar-refractivity contribution in [2.45, 2.75) is 38.2 Å². The molecular formula is C18H19N3O2S. The maximum Gasteiger partial charge on any atom is 0.259 e. The van der Waals surface area contributed by atoms with E-state index in [0.29, 0.717) is 16.5 Å². The normalized spacial score (nSPS) is 12.3. The third-order valence-corrected chi connectivity index (χ3v) is 4.66. The summed E-state index contributed by atoms with van der Waals surface area (Å²) in [5.41, 5.74) is 5.35. The average Bonchev–Trinajstić information content (AvgIpc) is 2.92. The van der Waals surface area contributed by atoms with Gasteiger partial charge in [-0.25, -0.2) is 4.98 Å². The molecule has 2 heterocycles. The molecular weight excluding hydrogens is 322 g/mol. The molecule has 0 radical (unpaired) electrons. The number of hydrogen-bond acceptors (Lipinski definition) is 5. The van der Waals surface area contributed by atoms with Gasteiger partial charge in [-0.3, -0.25) is 4.79 Å². The van der Waals surface area contributed by atoms with Gasteiger partial charge in [-0.2, -0.15) is 4.98 Å². The zero-order valence-corrected chi connectivity index (χ0v) is 14.9. The smallest absolute Gasteiger partial charge is 0.259 e. The Morgan fingerprint density at radius 1 is 1.25 bits per heavy atom. The van der Waals surface area contributed by atoms with Gasteiger partial charge < -0.3 is 9.73 Å².